The lowest BCUT2D eigenvalue weighted by atomic mass is 10.0. The lowest BCUT2D eigenvalue weighted by Crippen LogP contribution is -1.91. The topological polar surface area (TPSA) is 0 Å². The van der Waals surface area contributed by atoms with Gasteiger partial charge >= 0.3 is 0 Å². The first-order valence-electron chi connectivity index (χ1n) is 5.66. The van der Waals surface area contributed by atoms with Gasteiger partial charge in [-0.15, -0.1) is 0 Å². The van der Waals surface area contributed by atoms with Gasteiger partial charge in [0.1, 0.15) is 0 Å². The largest absolute Gasteiger partial charge is 0.0699 e. The molecule has 0 aromatic rings. The molecule has 0 bridgehead atoms. The van der Waals surface area contributed by atoms with E-state index in [0.717, 1.165) is 11.8 Å². The molecule has 0 heteroatoms. The fourth-order valence-corrected chi connectivity index (χ4v) is 2.38. The second kappa shape index (κ2) is 3.42. The molecule has 0 N–H and O–H groups in total. The third-order valence-corrected chi connectivity index (χ3v) is 3.82. The van der Waals surface area contributed by atoms with E-state index in [2.05, 4.69) is 39.8 Å². The van der Waals surface area contributed by atoms with Crippen LogP contribution < -0.4 is 0 Å². The molecule has 2 aliphatic carbocycles. The highest BCUT2D eigenvalue weighted by Gasteiger charge is 2.21. The molecule has 14 heavy (non-hydrogen) atoms. The van der Waals surface area contributed by atoms with Gasteiger partial charge in [0.05, 0.1) is 0 Å². The van der Waals surface area contributed by atoms with E-state index in [9.17, 15) is 0 Å². The lowest BCUT2D eigenvalue weighted by molar-refractivity contribution is 0.693. The molecule has 0 radical (unpaired) electrons. The van der Waals surface area contributed by atoms with E-state index in [1.165, 1.54) is 12.8 Å². The maximum Gasteiger partial charge on any atom is -0.0191 e. The van der Waals surface area contributed by atoms with Crippen LogP contribution in [0, 0.1) is 11.8 Å². The predicted molar refractivity (Wildman–Crippen MR) is 62.1 cm³/mol. The molecule has 0 heterocycles. The molecule has 2 aliphatic rings. The molecule has 0 aliphatic heterocycles. The van der Waals surface area contributed by atoms with Gasteiger partial charge in [0.2, 0.25) is 0 Å². The summed E-state index contributed by atoms with van der Waals surface area (Å²) in [5.41, 5.74) is 6.30. The van der Waals surface area contributed by atoms with Gasteiger partial charge in [0.25, 0.3) is 0 Å². The molecule has 0 saturated heterocycles. The summed E-state index contributed by atoms with van der Waals surface area (Å²) in [6.45, 7) is 9.17. The van der Waals surface area contributed by atoms with Crippen molar-refractivity contribution in [3.63, 3.8) is 0 Å². The monoisotopic (exact) mass is 188 g/mol. The molecule has 0 saturated carbocycles. The van der Waals surface area contributed by atoms with E-state index in [0.29, 0.717) is 0 Å². The molecule has 0 spiro atoms. The summed E-state index contributed by atoms with van der Waals surface area (Å²) < 4.78 is 0. The highest BCUT2D eigenvalue weighted by Crippen LogP contribution is 2.37. The normalized spacial score (nSPS) is 37.4. The smallest absolute Gasteiger partial charge is 0.0191 e. The summed E-state index contributed by atoms with van der Waals surface area (Å²) in [4.78, 5) is 0. The van der Waals surface area contributed by atoms with E-state index in [-0.39, 0.29) is 0 Å². The van der Waals surface area contributed by atoms with Gasteiger partial charge in [0.15, 0.2) is 0 Å². The Bertz CT molecular complexity index is 305. The minimum Gasteiger partial charge on any atom is -0.0699 e. The van der Waals surface area contributed by atoms with Crippen molar-refractivity contribution >= 4 is 0 Å². The van der Waals surface area contributed by atoms with Crippen molar-refractivity contribution in [3.8, 4) is 0 Å². The minimum absolute atomic E-state index is 0.766. The Kier molecular flexibility index (Phi) is 2.38. The highest BCUT2D eigenvalue weighted by molar-refractivity contribution is 5.44. The van der Waals surface area contributed by atoms with Crippen LogP contribution in [-0.4, -0.2) is 0 Å². The van der Waals surface area contributed by atoms with Crippen LogP contribution in [0.3, 0.4) is 0 Å². The summed E-state index contributed by atoms with van der Waals surface area (Å²) in [5, 5.41) is 0. The van der Waals surface area contributed by atoms with Crippen molar-refractivity contribution < 1.29 is 0 Å². The second-order valence-electron chi connectivity index (χ2n) is 5.04. The zero-order chi connectivity index (χ0) is 10.3. The standard InChI is InChI=1S/C14H20/c1-9-5-13(6-10(9)2)14-7-11(3)12(4)8-14/h5,7,10,12H,6,8H2,1-4H3/b14-13-/t10-,12-/m1/s1. The van der Waals surface area contributed by atoms with E-state index < -0.39 is 0 Å². The maximum absolute atomic E-state index is 2.40. The Balaban J connectivity index is 2.29. The molecule has 2 rings (SSSR count). The highest BCUT2D eigenvalue weighted by atomic mass is 14.3. The van der Waals surface area contributed by atoms with Gasteiger partial charge in [-0.2, -0.15) is 0 Å². The third kappa shape index (κ3) is 1.58. The van der Waals surface area contributed by atoms with Crippen molar-refractivity contribution in [1.82, 2.24) is 0 Å². The van der Waals surface area contributed by atoms with Crippen LogP contribution >= 0.6 is 0 Å². The van der Waals surface area contributed by atoms with Crippen molar-refractivity contribution in [2.75, 3.05) is 0 Å². The van der Waals surface area contributed by atoms with Gasteiger partial charge < -0.3 is 0 Å². The van der Waals surface area contributed by atoms with Gasteiger partial charge in [-0.3, -0.25) is 0 Å². The predicted octanol–water partition coefficient (Wildman–Crippen LogP) is 4.26. The third-order valence-electron chi connectivity index (χ3n) is 3.82. The van der Waals surface area contributed by atoms with Crippen molar-refractivity contribution in [2.45, 2.75) is 40.5 Å². The lowest BCUT2D eigenvalue weighted by Gasteiger charge is -2.04. The summed E-state index contributed by atoms with van der Waals surface area (Å²) >= 11 is 0. The van der Waals surface area contributed by atoms with Crippen molar-refractivity contribution in [2.24, 2.45) is 11.8 Å². The fourth-order valence-electron chi connectivity index (χ4n) is 2.38. The Hall–Kier alpha value is -0.780. The van der Waals surface area contributed by atoms with Gasteiger partial charge in [0, 0.05) is 0 Å². The maximum atomic E-state index is 2.40. The fraction of sp³-hybridized carbons (Fsp3) is 0.571. The molecular weight excluding hydrogens is 168 g/mol. The van der Waals surface area contributed by atoms with E-state index in [1.54, 1.807) is 22.3 Å². The van der Waals surface area contributed by atoms with E-state index in [1.807, 2.05) is 0 Å². The van der Waals surface area contributed by atoms with E-state index in [4.69, 9.17) is 0 Å². The molecule has 2 atom stereocenters. The SMILES string of the molecule is CC1=C/C(=C2\C=C(C)[C@H](C)C2)C[C@H]1C. The quantitative estimate of drug-likeness (QED) is 0.533. The molecule has 0 nitrogen and oxygen atoms in total. The summed E-state index contributed by atoms with van der Waals surface area (Å²) in [5.74, 6) is 1.53. The summed E-state index contributed by atoms with van der Waals surface area (Å²) in [6, 6.07) is 0. The zero-order valence-corrected chi connectivity index (χ0v) is 9.72. The van der Waals surface area contributed by atoms with E-state index >= 15 is 0 Å². The molecule has 0 amide bonds. The van der Waals surface area contributed by atoms with Gasteiger partial charge in [-0.05, 0) is 49.7 Å². The van der Waals surface area contributed by atoms with Gasteiger partial charge in [-0.25, -0.2) is 0 Å². The number of allylic oxidation sites excluding steroid dienone is 6. The van der Waals surface area contributed by atoms with Crippen molar-refractivity contribution in [1.29, 1.82) is 0 Å². The van der Waals surface area contributed by atoms with Crippen LogP contribution in [0.5, 0.6) is 0 Å². The molecule has 0 aromatic carbocycles. The number of rotatable bonds is 0. The van der Waals surface area contributed by atoms with Crippen LogP contribution in [0.2, 0.25) is 0 Å². The first-order chi connectivity index (χ1) is 6.58. The average molecular weight is 188 g/mol. The summed E-state index contributed by atoms with van der Waals surface area (Å²) in [7, 11) is 0. The Morgan fingerprint density at radius 2 is 1.21 bits per heavy atom. The Morgan fingerprint density at radius 3 is 1.43 bits per heavy atom. The first kappa shape index (κ1) is 9.76. The number of hydrogen-bond acceptors (Lipinski definition) is 0. The van der Waals surface area contributed by atoms with Crippen LogP contribution in [0.1, 0.15) is 40.5 Å². The second-order valence-corrected chi connectivity index (χ2v) is 5.04. The molecule has 0 aromatic heterocycles. The molecule has 0 fully saturated rings. The van der Waals surface area contributed by atoms with Crippen molar-refractivity contribution in [3.05, 3.63) is 34.4 Å². The Morgan fingerprint density at radius 1 is 0.857 bits per heavy atom. The minimum atomic E-state index is 0.766. The molecule has 0 unspecified atom stereocenters. The molecule has 76 valence electrons. The van der Waals surface area contributed by atoms with Crippen LogP contribution in [0.4, 0.5) is 0 Å². The van der Waals surface area contributed by atoms with Crippen LogP contribution in [0.25, 0.3) is 0 Å². The molecular formula is C14H20. The number of hydrogen-bond donors (Lipinski definition) is 0. The van der Waals surface area contributed by atoms with Gasteiger partial charge in [-0.1, -0.05) is 37.1 Å². The van der Waals surface area contributed by atoms with Crippen LogP contribution in [-0.2, 0) is 0 Å². The van der Waals surface area contributed by atoms with Crippen LogP contribution in [0.15, 0.2) is 34.4 Å². The zero-order valence-electron chi connectivity index (χ0n) is 9.72. The summed E-state index contributed by atoms with van der Waals surface area (Å²) in [6.07, 6.45) is 7.33. The Labute approximate surface area is 87.4 Å². The average Bonchev–Trinajstić information content (AvgIpc) is 2.60. The first-order valence-corrected chi connectivity index (χ1v) is 5.66.